The molecule has 173 valence electrons. The van der Waals surface area contributed by atoms with Gasteiger partial charge in [0.25, 0.3) is 0 Å². The van der Waals surface area contributed by atoms with Gasteiger partial charge in [-0.25, -0.2) is 0 Å². The number of allylic oxidation sites excluding steroid dienone is 8. The van der Waals surface area contributed by atoms with Crippen molar-refractivity contribution < 1.29 is 16.8 Å². The first-order valence-electron chi connectivity index (χ1n) is 11.2. The molecule has 2 aliphatic carbocycles. The first kappa shape index (κ1) is 25.4. The fourth-order valence-electron chi connectivity index (χ4n) is 5.44. The minimum Gasteiger partial charge on any atom is -0.748 e. The van der Waals surface area contributed by atoms with E-state index in [4.69, 9.17) is 0 Å². The zero-order valence-corrected chi connectivity index (χ0v) is 22.0. The topological polar surface area (TPSA) is 0 Å². The van der Waals surface area contributed by atoms with E-state index in [-0.39, 0.29) is 27.6 Å². The molecule has 0 nitrogen and oxygen atoms in total. The van der Waals surface area contributed by atoms with Gasteiger partial charge in [0.15, 0.2) is 0 Å². The van der Waals surface area contributed by atoms with Crippen molar-refractivity contribution >= 4 is 11.1 Å². The molecule has 2 aromatic rings. The summed E-state index contributed by atoms with van der Waals surface area (Å²) in [7, 11) is 0. The van der Waals surface area contributed by atoms with E-state index in [2.05, 4.69) is 87.4 Å². The van der Waals surface area contributed by atoms with Crippen LogP contribution in [0, 0.1) is 10.8 Å². The average Bonchev–Trinajstić information content (AvgIpc) is 3.44. The van der Waals surface area contributed by atoms with E-state index in [0.29, 0.717) is 0 Å². The van der Waals surface area contributed by atoms with Crippen LogP contribution < -0.4 is 0 Å². The summed E-state index contributed by atoms with van der Waals surface area (Å²) in [6.45, 7) is 23.3. The predicted octanol–water partition coefficient (Wildman–Crippen LogP) is 9.11. The summed E-state index contributed by atoms with van der Waals surface area (Å²) in [6.07, 6.45) is 0. The van der Waals surface area contributed by atoms with Gasteiger partial charge in [0.05, 0.1) is 0 Å². The summed E-state index contributed by atoms with van der Waals surface area (Å²) in [5.41, 5.74) is 15.0. The molecular weight excluding hydrogens is 419 g/mol. The van der Waals surface area contributed by atoms with Crippen molar-refractivity contribution in [1.82, 2.24) is 0 Å². The van der Waals surface area contributed by atoms with Crippen LogP contribution in [0.4, 0.5) is 0 Å². The Morgan fingerprint density at radius 1 is 0.645 bits per heavy atom. The van der Waals surface area contributed by atoms with Crippen molar-refractivity contribution in [3.8, 4) is 0 Å². The molecular formula is C30H38Co-6. The van der Waals surface area contributed by atoms with E-state index >= 15 is 0 Å². The molecule has 0 saturated carbocycles. The Bertz CT molecular complexity index is 980. The summed E-state index contributed by atoms with van der Waals surface area (Å²) < 4.78 is 0. The van der Waals surface area contributed by atoms with Crippen LogP contribution in [0.2, 0.25) is 0 Å². The molecule has 1 heteroatoms. The molecule has 1 radical (unpaired) electrons. The molecule has 0 atom stereocenters. The van der Waals surface area contributed by atoms with Gasteiger partial charge < -0.3 is 30.3 Å². The Kier molecular flexibility index (Phi) is 7.35. The van der Waals surface area contributed by atoms with Gasteiger partial charge >= 0.3 is 0 Å². The second-order valence-electron chi connectivity index (χ2n) is 10.1. The van der Waals surface area contributed by atoms with Crippen LogP contribution in [0.25, 0.3) is 11.1 Å². The molecule has 0 heterocycles. The third-order valence-electron chi connectivity index (χ3n) is 8.04. The van der Waals surface area contributed by atoms with Gasteiger partial charge in [-0.2, -0.15) is 12.1 Å². The maximum atomic E-state index is 2.38. The van der Waals surface area contributed by atoms with Crippen molar-refractivity contribution in [3.05, 3.63) is 93.1 Å². The van der Waals surface area contributed by atoms with E-state index in [1.54, 1.807) is 0 Å². The molecule has 2 aliphatic rings. The van der Waals surface area contributed by atoms with E-state index in [1.165, 1.54) is 55.7 Å². The van der Waals surface area contributed by atoms with Gasteiger partial charge in [-0.05, 0) is 45.4 Å². The van der Waals surface area contributed by atoms with E-state index < -0.39 is 0 Å². The third kappa shape index (κ3) is 4.03. The van der Waals surface area contributed by atoms with Gasteiger partial charge in [-0.15, -0.1) is 11.6 Å². The fraction of sp³-hybridized carbons (Fsp3) is 0.400. The molecule has 0 saturated heterocycles. The molecule has 0 fully saturated rings. The zero-order chi connectivity index (χ0) is 22.4. The van der Waals surface area contributed by atoms with Crippen molar-refractivity contribution in [2.24, 2.45) is 10.8 Å². The molecule has 4 rings (SSSR count). The number of rotatable bonds is 2. The first-order chi connectivity index (χ1) is 13.9. The maximum Gasteiger partial charge on any atom is 0 e. The second kappa shape index (κ2) is 8.96. The molecule has 0 unspecified atom stereocenters. The molecule has 0 aromatic heterocycles. The minimum absolute atomic E-state index is 0. The van der Waals surface area contributed by atoms with Crippen molar-refractivity contribution in [2.75, 3.05) is 0 Å². The summed E-state index contributed by atoms with van der Waals surface area (Å²) in [6, 6.07) is 16.9. The van der Waals surface area contributed by atoms with Crippen molar-refractivity contribution in [1.29, 1.82) is 0 Å². The van der Waals surface area contributed by atoms with Crippen LogP contribution in [-0.4, -0.2) is 0 Å². The molecule has 31 heavy (non-hydrogen) atoms. The molecule has 0 bridgehead atoms. The Balaban J connectivity index is 0.000000501. The first-order valence-corrected chi connectivity index (χ1v) is 11.2. The van der Waals surface area contributed by atoms with E-state index in [9.17, 15) is 0 Å². The Morgan fingerprint density at radius 3 is 1.48 bits per heavy atom. The monoisotopic (exact) mass is 457 g/mol. The molecule has 0 aliphatic heterocycles. The standard InChI is InChI=1S/C25H33.C5H5.Co/c1-14-16(3)22(24(7,8)18(14)5)20-12-11-13-21(20)23-17(4)15(2)19(6)25(23,9)10;1-2-4-5-3-1;/h11-13H,1-10H3;1-5H;/q-1;-5;. The Labute approximate surface area is 200 Å². The predicted molar refractivity (Wildman–Crippen MR) is 134 cm³/mol. The van der Waals surface area contributed by atoms with Gasteiger partial charge in [-0.1, -0.05) is 84.8 Å². The van der Waals surface area contributed by atoms with Crippen LogP contribution in [0.5, 0.6) is 0 Å². The molecule has 0 N–H and O–H groups in total. The Hall–Kier alpha value is -1.83. The summed E-state index contributed by atoms with van der Waals surface area (Å²) in [5, 5.41) is 0. The van der Waals surface area contributed by atoms with Gasteiger partial charge in [-0.3, -0.25) is 0 Å². The summed E-state index contributed by atoms with van der Waals surface area (Å²) in [4.78, 5) is 0. The van der Waals surface area contributed by atoms with Gasteiger partial charge in [0, 0.05) is 16.8 Å². The quantitative estimate of drug-likeness (QED) is 0.395. The normalized spacial score (nSPS) is 19.7. The van der Waals surface area contributed by atoms with Crippen LogP contribution >= 0.6 is 0 Å². The average molecular weight is 458 g/mol. The van der Waals surface area contributed by atoms with E-state index in [0.717, 1.165) is 0 Å². The summed E-state index contributed by atoms with van der Waals surface area (Å²) >= 11 is 0. The molecule has 0 amide bonds. The van der Waals surface area contributed by atoms with Crippen LogP contribution in [0.3, 0.4) is 0 Å². The van der Waals surface area contributed by atoms with Gasteiger partial charge in [0.2, 0.25) is 0 Å². The van der Waals surface area contributed by atoms with Crippen LogP contribution in [-0.2, 0) is 16.8 Å². The van der Waals surface area contributed by atoms with Gasteiger partial charge in [0.1, 0.15) is 0 Å². The van der Waals surface area contributed by atoms with Crippen molar-refractivity contribution in [3.63, 3.8) is 0 Å². The second-order valence-corrected chi connectivity index (χ2v) is 10.1. The zero-order valence-electron chi connectivity index (χ0n) is 21.0. The molecule has 0 spiro atoms. The minimum atomic E-state index is 0. The Morgan fingerprint density at radius 2 is 1.10 bits per heavy atom. The maximum absolute atomic E-state index is 2.38. The third-order valence-corrected chi connectivity index (χ3v) is 8.04. The number of hydrogen-bond donors (Lipinski definition) is 0. The number of hydrogen-bond acceptors (Lipinski definition) is 0. The smallest absolute Gasteiger partial charge is 0 e. The van der Waals surface area contributed by atoms with Crippen molar-refractivity contribution in [2.45, 2.75) is 69.2 Å². The van der Waals surface area contributed by atoms with Crippen LogP contribution in [0.15, 0.2) is 82.0 Å². The molecule has 2 aromatic carbocycles. The SMILES string of the molecule is CC1=C(C)C(C)(C)C(c2ccc[c-]2C2=C(C)C(C)=C(C)C2(C)C)=C1C.[Co].[cH-]1[cH-][cH-][cH-][cH-]1. The largest absolute Gasteiger partial charge is 0.748 e. The van der Waals surface area contributed by atoms with E-state index in [1.807, 2.05) is 30.3 Å². The summed E-state index contributed by atoms with van der Waals surface area (Å²) in [5.74, 6) is 0. The van der Waals surface area contributed by atoms with Crippen LogP contribution in [0.1, 0.15) is 80.4 Å². The fourth-order valence-corrected chi connectivity index (χ4v) is 5.44.